The van der Waals surface area contributed by atoms with Crippen LogP contribution in [-0.4, -0.2) is 49.8 Å². The molecule has 0 radical (unpaired) electrons. The largest absolute Gasteiger partial charge is 0.383 e. The van der Waals surface area contributed by atoms with Gasteiger partial charge in [-0.15, -0.1) is 11.3 Å². The lowest BCUT2D eigenvalue weighted by molar-refractivity contribution is 0.199. The predicted molar refractivity (Wildman–Crippen MR) is 77.2 cm³/mol. The first-order valence-electron chi connectivity index (χ1n) is 6.65. The van der Waals surface area contributed by atoms with Gasteiger partial charge in [-0.05, 0) is 13.1 Å². The van der Waals surface area contributed by atoms with Gasteiger partial charge >= 0.3 is 0 Å². The van der Waals surface area contributed by atoms with E-state index in [1.165, 1.54) is 5.01 Å². The summed E-state index contributed by atoms with van der Waals surface area (Å²) in [5, 5.41) is 6.70. The van der Waals surface area contributed by atoms with E-state index >= 15 is 0 Å². The Morgan fingerprint density at radius 3 is 2.83 bits per heavy atom. The maximum Gasteiger partial charge on any atom is 0.0941 e. The van der Waals surface area contributed by atoms with Gasteiger partial charge in [0.15, 0.2) is 0 Å². The topological polar surface area (TPSA) is 37.4 Å². The number of nitrogens with zero attached hydrogens (tertiary/aromatic N) is 2. The van der Waals surface area contributed by atoms with E-state index in [1.807, 2.05) is 0 Å². The van der Waals surface area contributed by atoms with Gasteiger partial charge < -0.3 is 15.0 Å². The number of methoxy groups -OCH3 is 1. The summed E-state index contributed by atoms with van der Waals surface area (Å²) in [5.41, 5.74) is 1.14. The number of hydrogen-bond acceptors (Lipinski definition) is 5. The number of aromatic nitrogens is 1. The first-order chi connectivity index (χ1) is 8.80. The van der Waals surface area contributed by atoms with E-state index in [0.717, 1.165) is 51.4 Å². The number of hydrogen-bond donors (Lipinski definition) is 1. The van der Waals surface area contributed by atoms with E-state index < -0.39 is 0 Å². The summed E-state index contributed by atoms with van der Waals surface area (Å²) < 4.78 is 4.99. The number of nitrogens with one attached hydrogen (secondary N) is 1. The Kier molecular flexibility index (Phi) is 8.17. The molecule has 1 rings (SSSR count). The fourth-order valence-electron chi connectivity index (χ4n) is 1.73. The minimum atomic E-state index is 0.749. The lowest BCUT2D eigenvalue weighted by atomic mass is 10.4. The van der Waals surface area contributed by atoms with Crippen molar-refractivity contribution < 1.29 is 4.74 Å². The second kappa shape index (κ2) is 9.44. The minimum absolute atomic E-state index is 0.749. The van der Waals surface area contributed by atoms with Crippen molar-refractivity contribution in [3.8, 4) is 0 Å². The molecule has 18 heavy (non-hydrogen) atoms. The Morgan fingerprint density at radius 2 is 2.17 bits per heavy atom. The van der Waals surface area contributed by atoms with Crippen LogP contribution in [0, 0.1) is 0 Å². The second-order valence-corrected chi connectivity index (χ2v) is 5.12. The van der Waals surface area contributed by atoms with Gasteiger partial charge in [0.25, 0.3) is 0 Å². The van der Waals surface area contributed by atoms with Crippen LogP contribution in [0.1, 0.15) is 24.5 Å². The zero-order valence-electron chi connectivity index (χ0n) is 11.7. The Morgan fingerprint density at radius 1 is 1.39 bits per heavy atom. The highest BCUT2D eigenvalue weighted by atomic mass is 32.1. The zero-order chi connectivity index (χ0) is 13.2. The van der Waals surface area contributed by atoms with Gasteiger partial charge in [-0.25, -0.2) is 4.98 Å². The number of thiazole rings is 1. The third-order valence-electron chi connectivity index (χ3n) is 2.92. The van der Waals surface area contributed by atoms with Crippen molar-refractivity contribution in [1.29, 1.82) is 0 Å². The van der Waals surface area contributed by atoms with Crippen LogP contribution in [0.25, 0.3) is 0 Å². The third-order valence-corrected chi connectivity index (χ3v) is 3.88. The molecule has 0 bridgehead atoms. The van der Waals surface area contributed by atoms with Crippen LogP contribution >= 0.6 is 11.3 Å². The quantitative estimate of drug-likeness (QED) is 0.658. The molecule has 1 N–H and O–H groups in total. The lowest BCUT2D eigenvalue weighted by Gasteiger charge is -2.16. The van der Waals surface area contributed by atoms with E-state index in [-0.39, 0.29) is 0 Å². The van der Waals surface area contributed by atoms with Crippen LogP contribution < -0.4 is 5.32 Å². The van der Waals surface area contributed by atoms with Crippen molar-refractivity contribution in [2.45, 2.75) is 26.8 Å². The molecule has 104 valence electrons. The molecule has 0 atom stereocenters. The fourth-order valence-corrected chi connectivity index (χ4v) is 2.52. The SMILES string of the molecule is CCN(CC)CCc1nc(CNCCOC)cs1. The summed E-state index contributed by atoms with van der Waals surface area (Å²) in [4.78, 5) is 7.07. The number of ether oxygens (including phenoxy) is 1. The van der Waals surface area contributed by atoms with Crippen molar-refractivity contribution >= 4 is 11.3 Å². The van der Waals surface area contributed by atoms with Gasteiger partial charge in [0.2, 0.25) is 0 Å². The van der Waals surface area contributed by atoms with Gasteiger partial charge in [-0.3, -0.25) is 0 Å². The summed E-state index contributed by atoms with van der Waals surface area (Å²) in [7, 11) is 1.72. The molecule has 0 aromatic carbocycles. The van der Waals surface area contributed by atoms with Gasteiger partial charge in [0, 0.05) is 38.5 Å². The van der Waals surface area contributed by atoms with E-state index in [9.17, 15) is 0 Å². The van der Waals surface area contributed by atoms with Gasteiger partial charge in [0.1, 0.15) is 0 Å². The number of likely N-dealkylation sites (N-methyl/N-ethyl adjacent to an activating group) is 1. The highest BCUT2D eigenvalue weighted by Crippen LogP contribution is 2.10. The molecule has 0 unspecified atom stereocenters. The average Bonchev–Trinajstić information content (AvgIpc) is 2.84. The zero-order valence-corrected chi connectivity index (χ0v) is 12.6. The van der Waals surface area contributed by atoms with Crippen molar-refractivity contribution in [3.63, 3.8) is 0 Å². The van der Waals surface area contributed by atoms with Gasteiger partial charge in [-0.2, -0.15) is 0 Å². The molecule has 0 amide bonds. The molecule has 1 aromatic rings. The molecule has 4 nitrogen and oxygen atoms in total. The molecule has 0 aliphatic heterocycles. The molecule has 0 aliphatic carbocycles. The van der Waals surface area contributed by atoms with Crippen LogP contribution in [0.2, 0.25) is 0 Å². The molecular formula is C13H25N3OS. The Balaban J connectivity index is 2.25. The van der Waals surface area contributed by atoms with Gasteiger partial charge in [0.05, 0.1) is 17.3 Å². The van der Waals surface area contributed by atoms with E-state index in [0.29, 0.717) is 0 Å². The Labute approximate surface area is 114 Å². The first kappa shape index (κ1) is 15.6. The summed E-state index contributed by atoms with van der Waals surface area (Å²) >= 11 is 1.77. The molecule has 0 aliphatic rings. The van der Waals surface area contributed by atoms with Crippen LogP contribution in [0.4, 0.5) is 0 Å². The molecule has 0 spiro atoms. The molecule has 0 fully saturated rings. The highest BCUT2D eigenvalue weighted by Gasteiger charge is 2.04. The lowest BCUT2D eigenvalue weighted by Crippen LogP contribution is -2.25. The molecule has 1 heterocycles. The fraction of sp³-hybridized carbons (Fsp3) is 0.769. The summed E-state index contributed by atoms with van der Waals surface area (Å²) in [6.07, 6.45) is 1.06. The van der Waals surface area contributed by atoms with Crippen LogP contribution in [-0.2, 0) is 17.7 Å². The average molecular weight is 271 g/mol. The van der Waals surface area contributed by atoms with Crippen molar-refractivity contribution in [2.75, 3.05) is 39.9 Å². The van der Waals surface area contributed by atoms with Crippen LogP contribution in [0.5, 0.6) is 0 Å². The highest BCUT2D eigenvalue weighted by molar-refractivity contribution is 7.09. The first-order valence-corrected chi connectivity index (χ1v) is 7.53. The summed E-state index contributed by atoms with van der Waals surface area (Å²) in [6.45, 7) is 10.2. The Bertz CT molecular complexity index is 313. The molecule has 0 saturated carbocycles. The van der Waals surface area contributed by atoms with Crippen molar-refractivity contribution in [2.24, 2.45) is 0 Å². The van der Waals surface area contributed by atoms with Crippen molar-refractivity contribution in [3.05, 3.63) is 16.1 Å². The monoisotopic (exact) mass is 271 g/mol. The smallest absolute Gasteiger partial charge is 0.0941 e. The summed E-state index contributed by atoms with van der Waals surface area (Å²) in [5.74, 6) is 0. The third kappa shape index (κ3) is 5.91. The maximum absolute atomic E-state index is 4.99. The van der Waals surface area contributed by atoms with Crippen LogP contribution in [0.15, 0.2) is 5.38 Å². The van der Waals surface area contributed by atoms with E-state index in [4.69, 9.17) is 4.74 Å². The van der Waals surface area contributed by atoms with Crippen LogP contribution in [0.3, 0.4) is 0 Å². The normalized spacial score (nSPS) is 11.3. The van der Waals surface area contributed by atoms with E-state index in [2.05, 4.69) is 34.4 Å². The van der Waals surface area contributed by atoms with Gasteiger partial charge in [-0.1, -0.05) is 13.8 Å². The predicted octanol–water partition coefficient (Wildman–Crippen LogP) is 1.76. The number of rotatable bonds is 10. The summed E-state index contributed by atoms with van der Waals surface area (Å²) in [6, 6.07) is 0. The standard InChI is InChI=1S/C13H25N3OS/c1-4-16(5-2)8-6-13-15-12(11-18-13)10-14-7-9-17-3/h11,14H,4-10H2,1-3H3. The van der Waals surface area contributed by atoms with E-state index in [1.54, 1.807) is 18.4 Å². The molecular weight excluding hydrogens is 246 g/mol. The maximum atomic E-state index is 4.99. The van der Waals surface area contributed by atoms with Crippen molar-refractivity contribution in [1.82, 2.24) is 15.2 Å². The molecule has 5 heteroatoms. The Hall–Kier alpha value is -0.490. The molecule has 1 aromatic heterocycles. The second-order valence-electron chi connectivity index (χ2n) is 4.18. The molecule has 0 saturated heterocycles. The minimum Gasteiger partial charge on any atom is -0.383 e.